The van der Waals surface area contributed by atoms with Gasteiger partial charge in [0, 0.05) is 48.0 Å². The Morgan fingerprint density at radius 1 is 0.912 bits per heavy atom. The van der Waals surface area contributed by atoms with Crippen LogP contribution in [0, 0.1) is 10.1 Å². The van der Waals surface area contributed by atoms with Crippen LogP contribution in [0.3, 0.4) is 0 Å². The van der Waals surface area contributed by atoms with Crippen molar-refractivity contribution in [2.45, 2.75) is 13.8 Å². The van der Waals surface area contributed by atoms with Gasteiger partial charge in [-0.25, -0.2) is 0 Å². The first-order valence-corrected chi connectivity index (χ1v) is 11.0. The molecule has 4 aromatic rings. The first kappa shape index (κ1) is 22.7. The Bertz CT molecular complexity index is 1350. The fourth-order valence-electron chi connectivity index (χ4n) is 3.68. The number of nitrogen functional groups attached to an aromatic ring is 1. The Hall–Kier alpha value is -4.46. The normalized spacial score (nSPS) is 11.1. The average Bonchev–Trinajstić information content (AvgIpc) is 2.84. The van der Waals surface area contributed by atoms with E-state index >= 15 is 0 Å². The monoisotopic (exact) mass is 455 g/mol. The standard InChI is InChI=1S/C26H25N5O3/c1-3-30(4-2)22-13-14-23-18(16-22)6-5-7-25(23)34-26-17-19(27)8-15-24(26)29-28-20-9-11-21(12-10-20)31(32)33/h5-17H,3-4,27H2,1-2H3/b29-28+. The molecule has 8 heteroatoms. The molecule has 0 spiro atoms. The van der Waals surface area contributed by atoms with Gasteiger partial charge < -0.3 is 15.4 Å². The van der Waals surface area contributed by atoms with E-state index in [0.29, 0.717) is 28.6 Å². The summed E-state index contributed by atoms with van der Waals surface area (Å²) in [5.74, 6) is 1.15. The van der Waals surface area contributed by atoms with Crippen molar-refractivity contribution in [3.63, 3.8) is 0 Å². The van der Waals surface area contributed by atoms with Crippen LogP contribution < -0.4 is 15.4 Å². The van der Waals surface area contributed by atoms with Gasteiger partial charge in [-0.2, -0.15) is 5.11 Å². The molecule has 0 fully saturated rings. The molecule has 0 saturated heterocycles. The molecule has 0 aliphatic rings. The highest BCUT2D eigenvalue weighted by molar-refractivity contribution is 5.91. The number of ether oxygens (including phenoxy) is 1. The minimum atomic E-state index is -0.456. The lowest BCUT2D eigenvalue weighted by Crippen LogP contribution is -2.21. The van der Waals surface area contributed by atoms with Crippen molar-refractivity contribution < 1.29 is 9.66 Å². The van der Waals surface area contributed by atoms with Crippen molar-refractivity contribution in [3.8, 4) is 11.5 Å². The molecule has 0 aliphatic carbocycles. The lowest BCUT2D eigenvalue weighted by molar-refractivity contribution is -0.384. The van der Waals surface area contributed by atoms with Crippen LogP contribution in [0.4, 0.5) is 28.4 Å². The minimum Gasteiger partial charge on any atom is -0.454 e. The Labute approximate surface area is 197 Å². The van der Waals surface area contributed by atoms with Crippen molar-refractivity contribution >= 4 is 39.2 Å². The predicted molar refractivity (Wildman–Crippen MR) is 136 cm³/mol. The summed E-state index contributed by atoms with van der Waals surface area (Å²) < 4.78 is 6.26. The van der Waals surface area contributed by atoms with E-state index in [1.165, 1.54) is 24.3 Å². The van der Waals surface area contributed by atoms with Crippen LogP contribution in [-0.2, 0) is 0 Å². The smallest absolute Gasteiger partial charge is 0.269 e. The zero-order valence-corrected chi connectivity index (χ0v) is 19.0. The van der Waals surface area contributed by atoms with Gasteiger partial charge in [-0.3, -0.25) is 10.1 Å². The molecule has 0 saturated carbocycles. The first-order chi connectivity index (χ1) is 16.5. The molecule has 4 rings (SSSR count). The molecule has 172 valence electrons. The maximum Gasteiger partial charge on any atom is 0.269 e. The van der Waals surface area contributed by atoms with E-state index in [-0.39, 0.29) is 5.69 Å². The molecular formula is C26H25N5O3. The zero-order chi connectivity index (χ0) is 24.1. The summed E-state index contributed by atoms with van der Waals surface area (Å²) in [6.45, 7) is 6.15. The third-order valence-electron chi connectivity index (χ3n) is 5.49. The maximum atomic E-state index is 10.8. The van der Waals surface area contributed by atoms with E-state index in [1.807, 2.05) is 12.1 Å². The van der Waals surface area contributed by atoms with Crippen molar-refractivity contribution in [2.75, 3.05) is 23.7 Å². The number of nitrogens with zero attached hydrogens (tertiary/aromatic N) is 4. The molecule has 0 aliphatic heterocycles. The Morgan fingerprint density at radius 2 is 1.68 bits per heavy atom. The van der Waals surface area contributed by atoms with Gasteiger partial charge in [0.15, 0.2) is 5.75 Å². The molecule has 8 nitrogen and oxygen atoms in total. The van der Waals surface area contributed by atoms with Crippen molar-refractivity contribution in [1.29, 1.82) is 0 Å². The third-order valence-corrected chi connectivity index (χ3v) is 5.49. The van der Waals surface area contributed by atoms with Crippen LogP contribution in [0.1, 0.15) is 13.8 Å². The van der Waals surface area contributed by atoms with E-state index in [0.717, 1.165) is 29.5 Å². The highest BCUT2D eigenvalue weighted by Crippen LogP contribution is 2.38. The summed E-state index contributed by atoms with van der Waals surface area (Å²) in [5, 5.41) is 21.4. The summed E-state index contributed by atoms with van der Waals surface area (Å²) in [6.07, 6.45) is 0. The number of fused-ring (bicyclic) bond motifs is 1. The fraction of sp³-hybridized carbons (Fsp3) is 0.154. The second kappa shape index (κ2) is 9.99. The SMILES string of the molecule is CCN(CC)c1ccc2c(Oc3cc(N)ccc3/N=N/c3ccc([N+](=O)[O-])cc3)cccc2c1. The van der Waals surface area contributed by atoms with Crippen LogP contribution in [0.5, 0.6) is 11.5 Å². The molecule has 0 heterocycles. The quantitative estimate of drug-likeness (QED) is 0.129. The second-order valence-electron chi connectivity index (χ2n) is 7.64. The number of hydrogen-bond acceptors (Lipinski definition) is 7. The number of anilines is 2. The summed E-state index contributed by atoms with van der Waals surface area (Å²) in [7, 11) is 0. The number of azo groups is 1. The van der Waals surface area contributed by atoms with Gasteiger partial charge in [-0.05, 0) is 67.8 Å². The molecule has 0 bridgehead atoms. The van der Waals surface area contributed by atoms with E-state index in [2.05, 4.69) is 53.2 Å². The number of benzene rings is 4. The van der Waals surface area contributed by atoms with E-state index in [1.54, 1.807) is 18.2 Å². The number of rotatable bonds is 8. The average molecular weight is 456 g/mol. The van der Waals surface area contributed by atoms with Gasteiger partial charge in [0.25, 0.3) is 5.69 Å². The van der Waals surface area contributed by atoms with Gasteiger partial charge >= 0.3 is 0 Å². The molecule has 0 aromatic heterocycles. The van der Waals surface area contributed by atoms with E-state index < -0.39 is 4.92 Å². The topological polar surface area (TPSA) is 106 Å². The van der Waals surface area contributed by atoms with Gasteiger partial charge in [-0.1, -0.05) is 12.1 Å². The van der Waals surface area contributed by atoms with Gasteiger partial charge in [-0.15, -0.1) is 5.11 Å². The number of nitrogens with two attached hydrogens (primary N) is 1. The largest absolute Gasteiger partial charge is 0.454 e. The number of nitro groups is 1. The highest BCUT2D eigenvalue weighted by atomic mass is 16.6. The predicted octanol–water partition coefficient (Wildman–Crippen LogP) is 7.38. The molecule has 4 aromatic carbocycles. The molecule has 0 amide bonds. The molecule has 34 heavy (non-hydrogen) atoms. The van der Waals surface area contributed by atoms with Gasteiger partial charge in [0.05, 0.1) is 10.6 Å². The third kappa shape index (κ3) is 4.96. The number of nitro benzene ring substituents is 1. The van der Waals surface area contributed by atoms with Crippen molar-refractivity contribution in [2.24, 2.45) is 10.2 Å². The summed E-state index contributed by atoms with van der Waals surface area (Å²) in [5.41, 5.74) is 8.68. The molecule has 0 atom stereocenters. The van der Waals surface area contributed by atoms with Crippen LogP contribution in [-0.4, -0.2) is 18.0 Å². The molecule has 2 N–H and O–H groups in total. The molecule has 0 unspecified atom stereocenters. The zero-order valence-electron chi connectivity index (χ0n) is 19.0. The Balaban J connectivity index is 1.65. The molecule has 0 radical (unpaired) electrons. The van der Waals surface area contributed by atoms with Crippen LogP contribution in [0.15, 0.2) is 89.1 Å². The van der Waals surface area contributed by atoms with Gasteiger partial charge in [0.2, 0.25) is 0 Å². The maximum absolute atomic E-state index is 10.8. The summed E-state index contributed by atoms with van der Waals surface area (Å²) in [6, 6.07) is 23.2. The first-order valence-electron chi connectivity index (χ1n) is 11.0. The minimum absolute atomic E-state index is 0.00411. The summed E-state index contributed by atoms with van der Waals surface area (Å²) in [4.78, 5) is 12.7. The van der Waals surface area contributed by atoms with Crippen LogP contribution >= 0.6 is 0 Å². The molecular weight excluding hydrogens is 430 g/mol. The van der Waals surface area contributed by atoms with Crippen molar-refractivity contribution in [3.05, 3.63) is 89.0 Å². The Morgan fingerprint density at radius 3 is 2.38 bits per heavy atom. The number of non-ortho nitro benzene ring substituents is 1. The Kier molecular flexibility index (Phi) is 6.68. The highest BCUT2D eigenvalue weighted by Gasteiger charge is 2.11. The van der Waals surface area contributed by atoms with Gasteiger partial charge in [0.1, 0.15) is 11.4 Å². The summed E-state index contributed by atoms with van der Waals surface area (Å²) >= 11 is 0. The number of hydrogen-bond donors (Lipinski definition) is 1. The van der Waals surface area contributed by atoms with Crippen LogP contribution in [0.25, 0.3) is 10.8 Å². The fourth-order valence-corrected chi connectivity index (χ4v) is 3.68. The van der Waals surface area contributed by atoms with E-state index in [4.69, 9.17) is 10.5 Å². The lowest BCUT2D eigenvalue weighted by atomic mass is 10.1. The van der Waals surface area contributed by atoms with Crippen LogP contribution in [0.2, 0.25) is 0 Å². The second-order valence-corrected chi connectivity index (χ2v) is 7.64. The lowest BCUT2D eigenvalue weighted by Gasteiger charge is -2.21. The van der Waals surface area contributed by atoms with E-state index in [9.17, 15) is 10.1 Å². The van der Waals surface area contributed by atoms with Crippen molar-refractivity contribution in [1.82, 2.24) is 0 Å².